The van der Waals surface area contributed by atoms with Gasteiger partial charge >= 0.3 is 0 Å². The maximum Gasteiger partial charge on any atom is 0.277 e. The summed E-state index contributed by atoms with van der Waals surface area (Å²) in [5, 5.41) is 9.11. The average Bonchev–Trinajstić information content (AvgIpc) is 3.19. The summed E-state index contributed by atoms with van der Waals surface area (Å²) in [5.41, 5.74) is 0.801. The molecule has 1 aromatic carbocycles. The molecule has 1 atom stereocenters. The third-order valence-electron chi connectivity index (χ3n) is 3.19. The highest BCUT2D eigenvalue weighted by atomic mass is 32.2. The van der Waals surface area contributed by atoms with Crippen LogP contribution in [0.4, 0.5) is 0 Å². The van der Waals surface area contributed by atoms with Gasteiger partial charge in [0, 0.05) is 17.4 Å². The summed E-state index contributed by atoms with van der Waals surface area (Å²) < 4.78 is 21.5. The largest absolute Gasteiger partial charge is 0.493 e. The maximum atomic E-state index is 5.69. The number of benzene rings is 1. The highest BCUT2D eigenvalue weighted by Crippen LogP contribution is 2.34. The minimum absolute atomic E-state index is 0.392. The number of nitrogens with zero attached hydrogens (tertiary/aromatic N) is 2. The zero-order valence-electron chi connectivity index (χ0n) is 11.9. The van der Waals surface area contributed by atoms with E-state index in [4.69, 9.17) is 18.6 Å². The normalized spacial score (nSPS) is 17.9. The summed E-state index contributed by atoms with van der Waals surface area (Å²) in [6.45, 7) is 1.53. The van der Waals surface area contributed by atoms with Crippen molar-refractivity contribution in [3.63, 3.8) is 0 Å². The zero-order valence-corrected chi connectivity index (χ0v) is 12.7. The number of ether oxygens (including phenoxy) is 3. The first kappa shape index (κ1) is 14.2. The number of hydrogen-bond donors (Lipinski definition) is 0. The predicted octanol–water partition coefficient (Wildman–Crippen LogP) is 2.63. The first-order valence-electron chi connectivity index (χ1n) is 6.60. The maximum absolute atomic E-state index is 5.69. The molecule has 1 fully saturated rings. The van der Waals surface area contributed by atoms with Crippen molar-refractivity contribution < 1.29 is 18.6 Å². The van der Waals surface area contributed by atoms with E-state index < -0.39 is 0 Å². The van der Waals surface area contributed by atoms with Crippen LogP contribution >= 0.6 is 11.8 Å². The van der Waals surface area contributed by atoms with E-state index in [9.17, 15) is 0 Å². The Balaban J connectivity index is 1.78. The molecular formula is C14H16N2O4S. The smallest absolute Gasteiger partial charge is 0.277 e. The Kier molecular flexibility index (Phi) is 4.31. The van der Waals surface area contributed by atoms with E-state index in [1.165, 1.54) is 0 Å². The molecule has 0 N–H and O–H groups in total. The number of thioether (sulfide) groups is 1. The third-order valence-corrected chi connectivity index (χ3v) is 4.26. The second-order valence-electron chi connectivity index (χ2n) is 4.55. The molecule has 21 heavy (non-hydrogen) atoms. The lowest BCUT2D eigenvalue weighted by Gasteiger charge is -2.07. The van der Waals surface area contributed by atoms with Crippen LogP contribution in [0.5, 0.6) is 11.5 Å². The molecule has 2 heterocycles. The van der Waals surface area contributed by atoms with E-state index >= 15 is 0 Å². The molecule has 1 saturated heterocycles. The van der Waals surface area contributed by atoms with Crippen molar-refractivity contribution in [3.05, 3.63) is 18.2 Å². The van der Waals surface area contributed by atoms with Crippen LogP contribution in [0, 0.1) is 0 Å². The van der Waals surface area contributed by atoms with E-state index in [0.29, 0.717) is 27.9 Å². The van der Waals surface area contributed by atoms with Gasteiger partial charge in [-0.25, -0.2) is 0 Å². The van der Waals surface area contributed by atoms with Gasteiger partial charge < -0.3 is 18.6 Å². The van der Waals surface area contributed by atoms with Gasteiger partial charge in [0.25, 0.3) is 5.22 Å². The molecule has 6 nitrogen and oxygen atoms in total. The fraction of sp³-hybridized carbons (Fsp3) is 0.429. The molecular weight excluding hydrogens is 292 g/mol. The highest BCUT2D eigenvalue weighted by Gasteiger charge is 2.20. The molecule has 7 heteroatoms. The van der Waals surface area contributed by atoms with Crippen LogP contribution < -0.4 is 9.47 Å². The molecule has 2 aromatic rings. The van der Waals surface area contributed by atoms with Gasteiger partial charge in [-0.15, -0.1) is 10.2 Å². The first-order valence-corrected chi connectivity index (χ1v) is 7.48. The van der Waals surface area contributed by atoms with Crippen LogP contribution in [0.2, 0.25) is 0 Å². The lowest BCUT2D eigenvalue weighted by molar-refractivity contribution is 0.199. The summed E-state index contributed by atoms with van der Waals surface area (Å²) in [6, 6.07) is 5.50. The molecule has 0 bridgehead atoms. The second kappa shape index (κ2) is 6.36. The quantitative estimate of drug-likeness (QED) is 0.841. The van der Waals surface area contributed by atoms with E-state index in [-0.39, 0.29) is 0 Å². The van der Waals surface area contributed by atoms with Crippen molar-refractivity contribution in [1.82, 2.24) is 10.2 Å². The molecule has 3 rings (SSSR count). The van der Waals surface area contributed by atoms with Crippen molar-refractivity contribution in [3.8, 4) is 23.0 Å². The Hall–Kier alpha value is -1.73. The Morgan fingerprint density at radius 2 is 2.05 bits per heavy atom. The van der Waals surface area contributed by atoms with Gasteiger partial charge in [0.2, 0.25) is 5.89 Å². The van der Waals surface area contributed by atoms with Crippen molar-refractivity contribution in [2.24, 2.45) is 0 Å². The SMILES string of the molecule is COc1ccc(-c2nnc(S[C@H]3CCOC3)o2)cc1OC. The molecule has 1 aliphatic rings. The molecule has 0 spiro atoms. The Bertz CT molecular complexity index is 611. The number of methoxy groups -OCH3 is 2. The van der Waals surface area contributed by atoms with Crippen LogP contribution in [0.15, 0.2) is 27.8 Å². The molecule has 1 aromatic heterocycles. The summed E-state index contributed by atoms with van der Waals surface area (Å²) in [6.07, 6.45) is 1.01. The highest BCUT2D eigenvalue weighted by molar-refractivity contribution is 7.99. The van der Waals surface area contributed by atoms with Crippen LogP contribution in [-0.2, 0) is 4.74 Å². The zero-order chi connectivity index (χ0) is 14.7. The second-order valence-corrected chi connectivity index (χ2v) is 5.80. The fourth-order valence-corrected chi connectivity index (χ4v) is 2.97. The summed E-state index contributed by atoms with van der Waals surface area (Å²) in [5.74, 6) is 1.77. The van der Waals surface area contributed by atoms with Gasteiger partial charge in [0.1, 0.15) is 0 Å². The Morgan fingerprint density at radius 1 is 1.19 bits per heavy atom. The number of aromatic nitrogens is 2. The van der Waals surface area contributed by atoms with Crippen molar-refractivity contribution in [2.75, 3.05) is 27.4 Å². The van der Waals surface area contributed by atoms with Gasteiger partial charge in [-0.3, -0.25) is 0 Å². The van der Waals surface area contributed by atoms with E-state index in [2.05, 4.69) is 10.2 Å². The van der Waals surface area contributed by atoms with Gasteiger partial charge in [-0.1, -0.05) is 11.8 Å². The van der Waals surface area contributed by atoms with Crippen LogP contribution in [0.25, 0.3) is 11.5 Å². The van der Waals surface area contributed by atoms with Gasteiger partial charge in [0.05, 0.1) is 20.8 Å². The molecule has 0 radical (unpaired) electrons. The van der Waals surface area contributed by atoms with Crippen LogP contribution in [0.3, 0.4) is 0 Å². The van der Waals surface area contributed by atoms with E-state index in [1.54, 1.807) is 26.0 Å². The lowest BCUT2D eigenvalue weighted by atomic mass is 10.2. The molecule has 0 saturated carbocycles. The monoisotopic (exact) mass is 308 g/mol. The van der Waals surface area contributed by atoms with Crippen molar-refractivity contribution in [1.29, 1.82) is 0 Å². The molecule has 0 amide bonds. The summed E-state index contributed by atoms with van der Waals surface area (Å²) in [4.78, 5) is 0. The lowest BCUT2D eigenvalue weighted by Crippen LogP contribution is -1.99. The number of hydrogen-bond acceptors (Lipinski definition) is 7. The van der Waals surface area contributed by atoms with E-state index in [0.717, 1.165) is 25.2 Å². The van der Waals surface area contributed by atoms with E-state index in [1.807, 2.05) is 18.2 Å². The minimum Gasteiger partial charge on any atom is -0.493 e. The Morgan fingerprint density at radius 3 is 2.76 bits per heavy atom. The molecule has 1 aliphatic heterocycles. The van der Waals surface area contributed by atoms with Gasteiger partial charge in [-0.05, 0) is 24.6 Å². The fourth-order valence-electron chi connectivity index (χ4n) is 2.09. The van der Waals surface area contributed by atoms with Gasteiger partial charge in [0.15, 0.2) is 11.5 Å². The minimum atomic E-state index is 0.392. The van der Waals surface area contributed by atoms with Gasteiger partial charge in [-0.2, -0.15) is 0 Å². The topological polar surface area (TPSA) is 66.6 Å². The third kappa shape index (κ3) is 3.14. The van der Waals surface area contributed by atoms with Crippen molar-refractivity contribution >= 4 is 11.8 Å². The molecule has 0 unspecified atom stereocenters. The van der Waals surface area contributed by atoms with Crippen LogP contribution in [-0.4, -0.2) is 42.9 Å². The Labute approximate surface area is 126 Å². The summed E-state index contributed by atoms with van der Waals surface area (Å²) >= 11 is 1.56. The van der Waals surface area contributed by atoms with Crippen molar-refractivity contribution in [2.45, 2.75) is 16.9 Å². The predicted molar refractivity (Wildman–Crippen MR) is 77.9 cm³/mol. The summed E-state index contributed by atoms with van der Waals surface area (Å²) in [7, 11) is 3.19. The molecule has 112 valence electrons. The first-order chi connectivity index (χ1) is 10.3. The van der Waals surface area contributed by atoms with Crippen LogP contribution in [0.1, 0.15) is 6.42 Å². The molecule has 0 aliphatic carbocycles. The standard InChI is InChI=1S/C14H16N2O4S/c1-17-11-4-3-9(7-12(11)18-2)13-15-16-14(20-13)21-10-5-6-19-8-10/h3-4,7,10H,5-6,8H2,1-2H3/t10-/m0/s1. The number of rotatable bonds is 5. The average molecular weight is 308 g/mol.